The first-order valence-corrected chi connectivity index (χ1v) is 8.17. The lowest BCUT2D eigenvalue weighted by Crippen LogP contribution is -2.30. The molecule has 0 unspecified atom stereocenters. The molecule has 2 aliphatic rings. The lowest BCUT2D eigenvalue weighted by Gasteiger charge is -2.12. The number of imide groups is 1. The molecular weight excluding hydrogens is 310 g/mol. The molecule has 0 bridgehead atoms. The smallest absolute Gasteiger partial charge is 0.306 e. The lowest BCUT2D eigenvalue weighted by atomic mass is 10.2. The molecule has 0 aromatic heterocycles. The fraction of sp³-hybridized carbons (Fsp3) is 0.214. The van der Waals surface area contributed by atoms with Crippen LogP contribution in [0.2, 0.25) is 0 Å². The molecule has 0 aliphatic carbocycles. The summed E-state index contributed by atoms with van der Waals surface area (Å²) in [6.45, 7) is 0. The molecule has 21 heavy (non-hydrogen) atoms. The minimum absolute atomic E-state index is 0.0170. The van der Waals surface area contributed by atoms with Crippen LogP contribution in [0.25, 0.3) is 0 Å². The number of ketones is 1. The Morgan fingerprint density at radius 1 is 1.00 bits per heavy atom. The highest BCUT2D eigenvalue weighted by Gasteiger charge is 2.45. The summed E-state index contributed by atoms with van der Waals surface area (Å²) in [6.07, 6.45) is 0. The Morgan fingerprint density at radius 3 is 2.19 bits per heavy atom. The van der Waals surface area contributed by atoms with Crippen LogP contribution in [0.3, 0.4) is 0 Å². The van der Waals surface area contributed by atoms with E-state index in [-0.39, 0.29) is 5.57 Å². The third-order valence-electron chi connectivity index (χ3n) is 3.13. The van der Waals surface area contributed by atoms with E-state index in [0.717, 1.165) is 16.4 Å². The van der Waals surface area contributed by atoms with Crippen molar-refractivity contribution in [1.29, 1.82) is 0 Å². The van der Waals surface area contributed by atoms with E-state index in [2.05, 4.69) is 0 Å². The number of carbonyl (C=O) groups is 3. The van der Waals surface area contributed by atoms with Gasteiger partial charge in [-0.2, -0.15) is 0 Å². The molecule has 2 fully saturated rings. The zero-order valence-electron chi connectivity index (χ0n) is 11.1. The number of anilines is 1. The third-order valence-corrected chi connectivity index (χ3v) is 5.84. The maximum absolute atomic E-state index is 12.4. The van der Waals surface area contributed by atoms with Crippen molar-refractivity contribution < 1.29 is 19.1 Å². The zero-order valence-corrected chi connectivity index (χ0v) is 12.8. The molecule has 0 radical (unpaired) electrons. The monoisotopic (exact) mass is 321 g/mol. The number of nitrogens with zero attached hydrogens (tertiary/aromatic N) is 1. The standard InChI is InChI=1S/C14H11NO4S2/c1-19-9-4-2-8(3-5-9)15-12(17)10(11(16)13(15)18)14-20-6-7-21-14/h2-5H,6-7H2,1H3. The molecule has 1 aromatic rings. The maximum Gasteiger partial charge on any atom is 0.306 e. The highest BCUT2D eigenvalue weighted by atomic mass is 32.2. The number of Topliss-reactive ketones (excluding diaryl/α,β-unsaturated/α-hetero) is 1. The van der Waals surface area contributed by atoms with Gasteiger partial charge in [0.2, 0.25) is 0 Å². The molecule has 108 valence electrons. The average molecular weight is 321 g/mol. The van der Waals surface area contributed by atoms with Crippen LogP contribution in [0.5, 0.6) is 5.75 Å². The molecule has 0 saturated carbocycles. The molecule has 0 spiro atoms. The van der Waals surface area contributed by atoms with Gasteiger partial charge in [-0.3, -0.25) is 14.4 Å². The predicted molar refractivity (Wildman–Crippen MR) is 82.4 cm³/mol. The second-order valence-corrected chi connectivity index (χ2v) is 6.80. The molecule has 2 aliphatic heterocycles. The van der Waals surface area contributed by atoms with Gasteiger partial charge in [0.25, 0.3) is 11.7 Å². The first kappa shape index (κ1) is 14.2. The van der Waals surface area contributed by atoms with E-state index in [4.69, 9.17) is 4.74 Å². The van der Waals surface area contributed by atoms with E-state index in [0.29, 0.717) is 15.7 Å². The van der Waals surface area contributed by atoms with Gasteiger partial charge in [-0.15, -0.1) is 23.5 Å². The summed E-state index contributed by atoms with van der Waals surface area (Å²) >= 11 is 2.91. The van der Waals surface area contributed by atoms with E-state index in [1.54, 1.807) is 24.3 Å². The zero-order chi connectivity index (χ0) is 15.0. The van der Waals surface area contributed by atoms with Gasteiger partial charge < -0.3 is 4.74 Å². The van der Waals surface area contributed by atoms with Crippen LogP contribution in [0.15, 0.2) is 34.1 Å². The summed E-state index contributed by atoms with van der Waals surface area (Å²) in [4.78, 5) is 37.6. The number of amides is 2. The summed E-state index contributed by atoms with van der Waals surface area (Å²) < 4.78 is 5.70. The molecule has 3 rings (SSSR count). The summed E-state index contributed by atoms with van der Waals surface area (Å²) in [5.74, 6) is 0.270. The van der Waals surface area contributed by atoms with Crippen LogP contribution in [0, 0.1) is 0 Å². The van der Waals surface area contributed by atoms with Crippen LogP contribution in [-0.2, 0) is 14.4 Å². The van der Waals surface area contributed by atoms with Crippen LogP contribution < -0.4 is 9.64 Å². The molecule has 0 atom stereocenters. The normalized spacial score (nSPS) is 18.9. The van der Waals surface area contributed by atoms with Gasteiger partial charge in [-0.25, -0.2) is 4.90 Å². The number of hydrogen-bond acceptors (Lipinski definition) is 6. The number of carbonyl (C=O) groups excluding carboxylic acids is 3. The van der Waals surface area contributed by atoms with Gasteiger partial charge in [0, 0.05) is 11.5 Å². The van der Waals surface area contributed by atoms with Crippen molar-refractivity contribution in [1.82, 2.24) is 0 Å². The first-order chi connectivity index (χ1) is 10.1. The number of rotatable bonds is 2. The Hall–Kier alpha value is -1.73. The Morgan fingerprint density at radius 2 is 1.62 bits per heavy atom. The second kappa shape index (κ2) is 5.57. The SMILES string of the molecule is COc1ccc(N2C(=O)C(=O)C(=C3SCCS3)C2=O)cc1. The fourth-order valence-corrected chi connectivity index (χ4v) is 4.63. The van der Waals surface area contributed by atoms with Crippen molar-refractivity contribution in [2.24, 2.45) is 0 Å². The quantitative estimate of drug-likeness (QED) is 0.358. The van der Waals surface area contributed by atoms with Crippen LogP contribution in [-0.4, -0.2) is 36.2 Å². The number of thioether (sulfide) groups is 2. The molecular formula is C14H11NO4S2. The molecule has 2 heterocycles. The van der Waals surface area contributed by atoms with Crippen molar-refractivity contribution in [3.05, 3.63) is 34.1 Å². The van der Waals surface area contributed by atoms with Gasteiger partial charge in [-0.1, -0.05) is 0 Å². The minimum Gasteiger partial charge on any atom is -0.497 e. The number of ether oxygens (including phenoxy) is 1. The molecule has 5 nitrogen and oxygen atoms in total. The van der Waals surface area contributed by atoms with Gasteiger partial charge in [0.05, 0.1) is 17.0 Å². The molecule has 2 amide bonds. The second-order valence-electron chi connectivity index (χ2n) is 4.33. The largest absolute Gasteiger partial charge is 0.497 e. The summed E-state index contributed by atoms with van der Waals surface area (Å²) in [5, 5.41) is 0. The molecule has 7 heteroatoms. The van der Waals surface area contributed by atoms with Crippen molar-refractivity contribution in [2.45, 2.75) is 0 Å². The Bertz CT molecular complexity index is 658. The number of hydrogen-bond donors (Lipinski definition) is 0. The van der Waals surface area contributed by atoms with Gasteiger partial charge in [0.15, 0.2) is 0 Å². The first-order valence-electron chi connectivity index (χ1n) is 6.20. The average Bonchev–Trinajstić information content (AvgIpc) is 3.08. The molecule has 0 N–H and O–H groups in total. The Kier molecular flexibility index (Phi) is 3.77. The van der Waals surface area contributed by atoms with Crippen molar-refractivity contribution >= 4 is 46.8 Å². The molecule has 1 aromatic carbocycles. The van der Waals surface area contributed by atoms with Gasteiger partial charge in [-0.05, 0) is 24.3 Å². The topological polar surface area (TPSA) is 63.7 Å². The predicted octanol–water partition coefficient (Wildman–Crippen LogP) is 1.83. The van der Waals surface area contributed by atoms with Gasteiger partial charge >= 0.3 is 5.91 Å². The van der Waals surface area contributed by atoms with Crippen LogP contribution in [0.4, 0.5) is 5.69 Å². The van der Waals surface area contributed by atoms with Crippen molar-refractivity contribution in [3.63, 3.8) is 0 Å². The Labute approximate surface area is 129 Å². The maximum atomic E-state index is 12.4. The molecule has 2 saturated heterocycles. The van der Waals surface area contributed by atoms with Gasteiger partial charge in [0.1, 0.15) is 11.3 Å². The van der Waals surface area contributed by atoms with E-state index in [1.165, 1.54) is 30.6 Å². The van der Waals surface area contributed by atoms with Crippen LogP contribution >= 0.6 is 23.5 Å². The number of benzene rings is 1. The minimum atomic E-state index is -0.791. The Balaban J connectivity index is 2.00. The summed E-state index contributed by atoms with van der Waals surface area (Å²) in [6, 6.07) is 6.46. The highest BCUT2D eigenvalue weighted by molar-refractivity contribution is 8.25. The van der Waals surface area contributed by atoms with Crippen molar-refractivity contribution in [3.8, 4) is 5.75 Å². The third kappa shape index (κ3) is 2.36. The highest BCUT2D eigenvalue weighted by Crippen LogP contribution is 2.41. The van der Waals surface area contributed by atoms with E-state index >= 15 is 0 Å². The van der Waals surface area contributed by atoms with E-state index in [1.807, 2.05) is 0 Å². The number of methoxy groups -OCH3 is 1. The van der Waals surface area contributed by atoms with Crippen molar-refractivity contribution in [2.75, 3.05) is 23.5 Å². The van der Waals surface area contributed by atoms with E-state index in [9.17, 15) is 14.4 Å². The summed E-state index contributed by atoms with van der Waals surface area (Å²) in [7, 11) is 1.53. The fourth-order valence-electron chi connectivity index (χ4n) is 2.11. The van der Waals surface area contributed by atoms with Crippen LogP contribution in [0.1, 0.15) is 0 Å². The summed E-state index contributed by atoms with van der Waals surface area (Å²) in [5.41, 5.74) is 0.395. The van der Waals surface area contributed by atoms with E-state index < -0.39 is 17.6 Å². The lowest BCUT2D eigenvalue weighted by molar-refractivity contribution is -0.132.